The molecule has 0 aromatic carbocycles. The summed E-state index contributed by atoms with van der Waals surface area (Å²) >= 11 is 0. The van der Waals surface area contributed by atoms with Gasteiger partial charge in [0.05, 0.1) is 0 Å². The summed E-state index contributed by atoms with van der Waals surface area (Å²) in [6, 6.07) is 0.610. The normalized spacial score (nSPS) is 37.1. The standard InChI is InChI=1S/C14H29N3/c1-4-7-17(12(2)3)14(10-15)11-16-8-5-13(14)6-9-16/h12-13H,4-11,15H2,1-3H3. The molecule has 2 N–H and O–H groups in total. The smallest absolute Gasteiger partial charge is 0.0490 e. The lowest BCUT2D eigenvalue weighted by molar-refractivity contribution is -0.0800. The fourth-order valence-electron chi connectivity index (χ4n) is 4.05. The number of rotatable bonds is 5. The topological polar surface area (TPSA) is 32.5 Å². The number of nitrogens with zero attached hydrogens (tertiary/aromatic N) is 2. The maximum atomic E-state index is 6.23. The molecule has 0 radical (unpaired) electrons. The van der Waals surface area contributed by atoms with Gasteiger partial charge in [0.25, 0.3) is 0 Å². The second-order valence-corrected chi connectivity index (χ2v) is 6.15. The molecule has 0 spiro atoms. The van der Waals surface area contributed by atoms with Gasteiger partial charge in [-0.25, -0.2) is 0 Å². The molecule has 3 nitrogen and oxygen atoms in total. The molecule has 0 amide bonds. The van der Waals surface area contributed by atoms with Gasteiger partial charge in [-0.2, -0.15) is 0 Å². The van der Waals surface area contributed by atoms with E-state index in [9.17, 15) is 0 Å². The molecule has 3 heterocycles. The molecule has 3 aliphatic rings. The van der Waals surface area contributed by atoms with Gasteiger partial charge in [-0.15, -0.1) is 0 Å². The van der Waals surface area contributed by atoms with Crippen LogP contribution in [0.4, 0.5) is 0 Å². The Morgan fingerprint density at radius 3 is 2.35 bits per heavy atom. The predicted molar refractivity (Wildman–Crippen MR) is 73.1 cm³/mol. The monoisotopic (exact) mass is 239 g/mol. The van der Waals surface area contributed by atoms with Crippen LogP contribution in [-0.4, -0.2) is 54.1 Å². The molecule has 100 valence electrons. The number of piperidine rings is 3. The first-order valence-electron chi connectivity index (χ1n) is 7.33. The first kappa shape index (κ1) is 13.3. The third-order valence-corrected chi connectivity index (χ3v) is 4.86. The highest BCUT2D eigenvalue weighted by Crippen LogP contribution is 2.40. The SMILES string of the molecule is CCCN(C(C)C)C1(CN)CN2CCC1CC2. The van der Waals surface area contributed by atoms with E-state index in [4.69, 9.17) is 5.73 Å². The van der Waals surface area contributed by atoms with Crippen LogP contribution in [0.2, 0.25) is 0 Å². The van der Waals surface area contributed by atoms with Crippen LogP contribution in [0.15, 0.2) is 0 Å². The van der Waals surface area contributed by atoms with Crippen molar-refractivity contribution in [2.45, 2.75) is 51.6 Å². The number of hydrogen-bond donors (Lipinski definition) is 1. The van der Waals surface area contributed by atoms with E-state index in [0.29, 0.717) is 6.04 Å². The number of nitrogens with two attached hydrogens (primary N) is 1. The zero-order valence-corrected chi connectivity index (χ0v) is 11.8. The van der Waals surface area contributed by atoms with Crippen molar-refractivity contribution >= 4 is 0 Å². The average molecular weight is 239 g/mol. The maximum Gasteiger partial charge on any atom is 0.0490 e. The first-order valence-corrected chi connectivity index (χ1v) is 7.33. The van der Waals surface area contributed by atoms with E-state index in [0.717, 1.165) is 12.5 Å². The van der Waals surface area contributed by atoms with Crippen LogP contribution in [-0.2, 0) is 0 Å². The van der Waals surface area contributed by atoms with Crippen LogP contribution in [0.3, 0.4) is 0 Å². The van der Waals surface area contributed by atoms with Crippen LogP contribution in [0, 0.1) is 5.92 Å². The molecule has 3 rings (SSSR count). The van der Waals surface area contributed by atoms with Gasteiger partial charge in [0.1, 0.15) is 0 Å². The second-order valence-electron chi connectivity index (χ2n) is 6.15. The van der Waals surface area contributed by atoms with E-state index in [-0.39, 0.29) is 5.54 Å². The molecule has 2 bridgehead atoms. The Hall–Kier alpha value is -0.120. The van der Waals surface area contributed by atoms with E-state index in [1.54, 1.807) is 0 Å². The predicted octanol–water partition coefficient (Wildman–Crippen LogP) is 1.53. The third kappa shape index (κ3) is 2.25. The Kier molecular flexibility index (Phi) is 4.11. The number of fused-ring (bicyclic) bond motifs is 3. The lowest BCUT2D eigenvalue weighted by atomic mass is 9.71. The zero-order valence-electron chi connectivity index (χ0n) is 11.8. The Labute approximate surface area is 106 Å². The fourth-order valence-corrected chi connectivity index (χ4v) is 4.05. The molecule has 3 heteroatoms. The van der Waals surface area contributed by atoms with Gasteiger partial charge in [-0.3, -0.25) is 4.90 Å². The lowest BCUT2D eigenvalue weighted by Gasteiger charge is -2.59. The summed E-state index contributed by atoms with van der Waals surface area (Å²) in [5.74, 6) is 0.825. The highest BCUT2D eigenvalue weighted by molar-refractivity contribution is 5.06. The van der Waals surface area contributed by atoms with E-state index in [1.165, 1.54) is 45.4 Å². The van der Waals surface area contributed by atoms with Crippen molar-refractivity contribution in [3.8, 4) is 0 Å². The minimum atomic E-state index is 0.265. The van der Waals surface area contributed by atoms with Gasteiger partial charge >= 0.3 is 0 Å². The summed E-state index contributed by atoms with van der Waals surface area (Å²) in [5, 5.41) is 0. The van der Waals surface area contributed by atoms with Gasteiger partial charge in [0, 0.05) is 24.7 Å². The minimum Gasteiger partial charge on any atom is -0.329 e. The molecular weight excluding hydrogens is 210 g/mol. The van der Waals surface area contributed by atoms with Crippen molar-refractivity contribution in [1.29, 1.82) is 0 Å². The first-order chi connectivity index (χ1) is 8.14. The molecule has 1 atom stereocenters. The summed E-state index contributed by atoms with van der Waals surface area (Å²) in [7, 11) is 0. The fraction of sp³-hybridized carbons (Fsp3) is 1.00. The second kappa shape index (κ2) is 5.25. The average Bonchev–Trinajstić information content (AvgIpc) is 2.36. The summed E-state index contributed by atoms with van der Waals surface area (Å²) in [5.41, 5.74) is 6.49. The van der Waals surface area contributed by atoms with Crippen LogP contribution in [0.25, 0.3) is 0 Å². The summed E-state index contributed by atoms with van der Waals surface area (Å²) in [6.07, 6.45) is 3.93. The van der Waals surface area contributed by atoms with Crippen molar-refractivity contribution in [1.82, 2.24) is 9.80 Å². The van der Waals surface area contributed by atoms with Crippen LogP contribution < -0.4 is 5.73 Å². The van der Waals surface area contributed by atoms with E-state index >= 15 is 0 Å². The van der Waals surface area contributed by atoms with E-state index < -0.39 is 0 Å². The molecule has 3 aliphatic heterocycles. The van der Waals surface area contributed by atoms with Crippen molar-refractivity contribution in [3.63, 3.8) is 0 Å². The number of hydrogen-bond acceptors (Lipinski definition) is 3. The molecule has 0 saturated carbocycles. The molecule has 3 fully saturated rings. The lowest BCUT2D eigenvalue weighted by Crippen LogP contribution is -2.71. The summed E-state index contributed by atoms with van der Waals surface area (Å²) in [6.45, 7) is 12.7. The Balaban J connectivity index is 2.22. The Morgan fingerprint density at radius 1 is 1.35 bits per heavy atom. The van der Waals surface area contributed by atoms with E-state index in [1.807, 2.05) is 0 Å². The molecule has 0 aromatic rings. The minimum absolute atomic E-state index is 0.265. The highest BCUT2D eigenvalue weighted by Gasteiger charge is 2.49. The summed E-state index contributed by atoms with van der Waals surface area (Å²) in [4.78, 5) is 5.32. The van der Waals surface area contributed by atoms with Crippen molar-refractivity contribution < 1.29 is 0 Å². The molecule has 3 saturated heterocycles. The van der Waals surface area contributed by atoms with Crippen LogP contribution in [0.5, 0.6) is 0 Å². The quantitative estimate of drug-likeness (QED) is 0.790. The van der Waals surface area contributed by atoms with Gasteiger partial charge in [0.15, 0.2) is 0 Å². The van der Waals surface area contributed by atoms with Crippen molar-refractivity contribution in [2.75, 3.05) is 32.7 Å². The molecular formula is C14H29N3. The van der Waals surface area contributed by atoms with Crippen LogP contribution >= 0.6 is 0 Å². The zero-order chi connectivity index (χ0) is 12.5. The largest absolute Gasteiger partial charge is 0.329 e. The van der Waals surface area contributed by atoms with E-state index in [2.05, 4.69) is 30.6 Å². The van der Waals surface area contributed by atoms with Crippen molar-refractivity contribution in [2.24, 2.45) is 11.7 Å². The van der Waals surface area contributed by atoms with Gasteiger partial charge in [-0.05, 0) is 58.7 Å². The van der Waals surface area contributed by atoms with Gasteiger partial charge in [-0.1, -0.05) is 6.92 Å². The molecule has 0 aromatic heterocycles. The molecule has 1 unspecified atom stereocenters. The van der Waals surface area contributed by atoms with Gasteiger partial charge in [0.2, 0.25) is 0 Å². The summed E-state index contributed by atoms with van der Waals surface area (Å²) < 4.78 is 0. The Bertz CT molecular complexity index is 246. The molecule has 17 heavy (non-hydrogen) atoms. The van der Waals surface area contributed by atoms with Crippen molar-refractivity contribution in [3.05, 3.63) is 0 Å². The Morgan fingerprint density at radius 2 is 2.00 bits per heavy atom. The van der Waals surface area contributed by atoms with Crippen LogP contribution in [0.1, 0.15) is 40.0 Å². The maximum absolute atomic E-state index is 6.23. The highest BCUT2D eigenvalue weighted by atomic mass is 15.3. The molecule has 0 aliphatic carbocycles. The third-order valence-electron chi connectivity index (χ3n) is 4.86. The van der Waals surface area contributed by atoms with Gasteiger partial charge < -0.3 is 10.6 Å².